The Morgan fingerprint density at radius 2 is 1.67 bits per heavy atom. The molecule has 6 heteroatoms. The lowest BCUT2D eigenvalue weighted by atomic mass is 9.97. The summed E-state index contributed by atoms with van der Waals surface area (Å²) in [5, 5.41) is 3.28. The maximum atomic E-state index is 13.7. The van der Waals surface area contributed by atoms with Crippen molar-refractivity contribution in [3.63, 3.8) is 0 Å². The molecule has 1 atom stereocenters. The highest BCUT2D eigenvalue weighted by Crippen LogP contribution is 2.23. The van der Waals surface area contributed by atoms with Crippen LogP contribution in [0.5, 0.6) is 0 Å². The van der Waals surface area contributed by atoms with Crippen molar-refractivity contribution in [1.82, 2.24) is 5.32 Å². The number of carbonyl (C=O) groups excluding carboxylic acids is 2. The van der Waals surface area contributed by atoms with Crippen molar-refractivity contribution in [2.24, 2.45) is 0 Å². The van der Waals surface area contributed by atoms with E-state index in [1.54, 1.807) is 24.3 Å². The lowest BCUT2D eigenvalue weighted by molar-refractivity contribution is -0.119. The van der Waals surface area contributed by atoms with Crippen molar-refractivity contribution in [1.29, 1.82) is 0 Å². The average molecular weight is 352 g/mol. The summed E-state index contributed by atoms with van der Waals surface area (Å²) in [4.78, 5) is 23.5. The Labute approximate surface area is 143 Å². The minimum atomic E-state index is -0.887. The molecule has 0 saturated heterocycles. The molecule has 0 aliphatic carbocycles. The second kappa shape index (κ2) is 8.02. The molecule has 3 nitrogen and oxygen atoms in total. The molecule has 24 heavy (non-hydrogen) atoms. The van der Waals surface area contributed by atoms with E-state index in [1.807, 2.05) is 0 Å². The molecule has 2 rings (SSSR count). The van der Waals surface area contributed by atoms with Gasteiger partial charge in [-0.25, -0.2) is 8.78 Å². The van der Waals surface area contributed by atoms with Crippen LogP contribution in [0.15, 0.2) is 42.5 Å². The predicted molar refractivity (Wildman–Crippen MR) is 87.9 cm³/mol. The van der Waals surface area contributed by atoms with Crippen LogP contribution in [0.1, 0.15) is 41.7 Å². The molecule has 0 aromatic heterocycles. The number of rotatable bonds is 6. The van der Waals surface area contributed by atoms with Crippen LogP contribution in [0.2, 0.25) is 5.02 Å². The van der Waals surface area contributed by atoms with Crippen molar-refractivity contribution in [2.45, 2.75) is 25.8 Å². The molecule has 2 aromatic rings. The summed E-state index contributed by atoms with van der Waals surface area (Å²) in [6.45, 7) is 1.36. The maximum Gasteiger partial charge on any atom is 0.217 e. The van der Waals surface area contributed by atoms with E-state index in [2.05, 4.69) is 5.32 Å². The smallest absolute Gasteiger partial charge is 0.217 e. The van der Waals surface area contributed by atoms with Crippen LogP contribution in [-0.4, -0.2) is 11.7 Å². The summed E-state index contributed by atoms with van der Waals surface area (Å²) >= 11 is 5.84. The minimum Gasteiger partial charge on any atom is -0.350 e. The Balaban J connectivity index is 2.14. The number of carbonyl (C=O) groups is 2. The first kappa shape index (κ1) is 18.1. The Morgan fingerprint density at radius 1 is 1.08 bits per heavy atom. The zero-order valence-corrected chi connectivity index (χ0v) is 13.7. The molecular formula is C18H16ClF2NO2. The Bertz CT molecular complexity index is 727. The van der Waals surface area contributed by atoms with E-state index in [0.717, 1.165) is 17.7 Å². The zero-order valence-electron chi connectivity index (χ0n) is 13.0. The molecule has 0 bridgehead atoms. The number of hydrogen-bond donors (Lipinski definition) is 1. The average Bonchev–Trinajstić information content (AvgIpc) is 2.52. The number of benzene rings is 2. The lowest BCUT2D eigenvalue weighted by Gasteiger charge is -2.18. The Hall–Kier alpha value is -2.27. The third-order valence-electron chi connectivity index (χ3n) is 3.55. The molecule has 0 radical (unpaired) electrons. The first-order chi connectivity index (χ1) is 11.4. The van der Waals surface area contributed by atoms with Gasteiger partial charge in [-0.1, -0.05) is 29.8 Å². The molecule has 1 unspecified atom stereocenters. The van der Waals surface area contributed by atoms with Crippen LogP contribution in [0.25, 0.3) is 0 Å². The Morgan fingerprint density at radius 3 is 2.21 bits per heavy atom. The fourth-order valence-electron chi connectivity index (χ4n) is 2.43. The van der Waals surface area contributed by atoms with Crippen LogP contribution in [-0.2, 0) is 4.79 Å². The highest BCUT2D eigenvalue weighted by molar-refractivity contribution is 6.30. The monoisotopic (exact) mass is 351 g/mol. The Kier molecular flexibility index (Phi) is 6.04. The summed E-state index contributed by atoms with van der Waals surface area (Å²) < 4.78 is 27.3. The van der Waals surface area contributed by atoms with Gasteiger partial charge in [-0.05, 0) is 36.2 Å². The van der Waals surface area contributed by atoms with Gasteiger partial charge in [-0.3, -0.25) is 9.59 Å². The van der Waals surface area contributed by atoms with Crippen molar-refractivity contribution in [3.8, 4) is 0 Å². The van der Waals surface area contributed by atoms with Crippen LogP contribution in [0, 0.1) is 11.6 Å². The normalized spacial score (nSPS) is 11.8. The fraction of sp³-hybridized carbons (Fsp3) is 0.222. The van der Waals surface area contributed by atoms with Gasteiger partial charge in [0.2, 0.25) is 5.91 Å². The van der Waals surface area contributed by atoms with Crippen LogP contribution in [0.3, 0.4) is 0 Å². The van der Waals surface area contributed by atoms with E-state index in [0.29, 0.717) is 5.02 Å². The number of amides is 1. The topological polar surface area (TPSA) is 46.2 Å². The first-order valence-corrected chi connectivity index (χ1v) is 7.76. The zero-order chi connectivity index (χ0) is 17.7. The van der Waals surface area contributed by atoms with Crippen LogP contribution < -0.4 is 5.32 Å². The number of hydrogen-bond acceptors (Lipinski definition) is 2. The number of ketones is 1. The summed E-state index contributed by atoms with van der Waals surface area (Å²) in [6, 6.07) is 9.65. The van der Waals surface area contributed by atoms with E-state index >= 15 is 0 Å². The molecule has 0 spiro atoms. The molecule has 0 heterocycles. The molecule has 0 aliphatic heterocycles. The molecular weight excluding hydrogens is 336 g/mol. The summed E-state index contributed by atoms with van der Waals surface area (Å²) in [5.41, 5.74) is 0.214. The fourth-order valence-corrected chi connectivity index (χ4v) is 2.55. The SMILES string of the molecule is CC(=O)NC(CCC(=O)c1c(F)cccc1F)c1ccc(Cl)cc1. The third kappa shape index (κ3) is 4.61. The highest BCUT2D eigenvalue weighted by atomic mass is 35.5. The lowest BCUT2D eigenvalue weighted by Crippen LogP contribution is -2.26. The van der Waals surface area contributed by atoms with E-state index in [1.165, 1.54) is 13.0 Å². The molecule has 2 aromatic carbocycles. The summed E-state index contributed by atoms with van der Waals surface area (Å²) in [5.74, 6) is -2.68. The van der Waals surface area contributed by atoms with E-state index in [-0.39, 0.29) is 18.7 Å². The van der Waals surface area contributed by atoms with Gasteiger partial charge in [0.1, 0.15) is 11.6 Å². The van der Waals surface area contributed by atoms with Crippen LogP contribution >= 0.6 is 11.6 Å². The summed E-state index contributed by atoms with van der Waals surface area (Å²) in [7, 11) is 0. The quantitative estimate of drug-likeness (QED) is 0.781. The van der Waals surface area contributed by atoms with Gasteiger partial charge >= 0.3 is 0 Å². The van der Waals surface area contributed by atoms with Gasteiger partial charge in [-0.2, -0.15) is 0 Å². The molecule has 126 valence electrons. The first-order valence-electron chi connectivity index (χ1n) is 7.38. The van der Waals surface area contributed by atoms with Gasteiger partial charge in [0, 0.05) is 18.4 Å². The maximum absolute atomic E-state index is 13.7. The molecule has 0 fully saturated rings. The van der Waals surface area contributed by atoms with Gasteiger partial charge in [0.25, 0.3) is 0 Å². The van der Waals surface area contributed by atoms with E-state index in [9.17, 15) is 18.4 Å². The predicted octanol–water partition coefficient (Wildman–Crippen LogP) is 4.46. The van der Waals surface area contributed by atoms with Gasteiger partial charge in [0.15, 0.2) is 5.78 Å². The minimum absolute atomic E-state index is 0.106. The van der Waals surface area contributed by atoms with E-state index < -0.39 is 29.0 Å². The van der Waals surface area contributed by atoms with Crippen molar-refractivity contribution < 1.29 is 18.4 Å². The number of Topliss-reactive ketones (excluding diaryl/α,β-unsaturated/α-hetero) is 1. The van der Waals surface area contributed by atoms with Gasteiger partial charge in [0.05, 0.1) is 11.6 Å². The van der Waals surface area contributed by atoms with Crippen molar-refractivity contribution in [3.05, 3.63) is 70.2 Å². The second-order valence-corrected chi connectivity index (χ2v) is 5.80. The number of nitrogens with one attached hydrogen (secondary N) is 1. The highest BCUT2D eigenvalue weighted by Gasteiger charge is 2.20. The van der Waals surface area contributed by atoms with Crippen molar-refractivity contribution in [2.75, 3.05) is 0 Å². The summed E-state index contributed by atoms with van der Waals surface area (Å²) in [6.07, 6.45) is 0.110. The van der Waals surface area contributed by atoms with Gasteiger partial charge in [-0.15, -0.1) is 0 Å². The molecule has 0 aliphatic rings. The number of halogens is 3. The van der Waals surface area contributed by atoms with Gasteiger partial charge < -0.3 is 5.32 Å². The molecule has 1 amide bonds. The van der Waals surface area contributed by atoms with Crippen LogP contribution in [0.4, 0.5) is 8.78 Å². The van der Waals surface area contributed by atoms with E-state index in [4.69, 9.17) is 11.6 Å². The van der Waals surface area contributed by atoms with Crippen molar-refractivity contribution >= 4 is 23.3 Å². The molecule has 1 N–H and O–H groups in total. The largest absolute Gasteiger partial charge is 0.350 e. The standard InChI is InChI=1S/C18H16ClF2NO2/c1-11(23)22-16(12-5-7-13(19)8-6-12)9-10-17(24)18-14(20)3-2-4-15(18)21/h2-8,16H,9-10H2,1H3,(H,22,23). The third-order valence-corrected chi connectivity index (χ3v) is 3.80. The second-order valence-electron chi connectivity index (χ2n) is 5.36. The molecule has 0 saturated carbocycles.